The summed E-state index contributed by atoms with van der Waals surface area (Å²) in [5.41, 5.74) is 0.475. The molecule has 1 aliphatic rings. The third-order valence-electron chi connectivity index (χ3n) is 4.33. The van der Waals surface area contributed by atoms with E-state index in [1.165, 1.54) is 30.6 Å². The van der Waals surface area contributed by atoms with Crippen molar-refractivity contribution in [2.75, 3.05) is 13.1 Å². The van der Waals surface area contributed by atoms with Gasteiger partial charge >= 0.3 is 0 Å². The summed E-state index contributed by atoms with van der Waals surface area (Å²) in [6.45, 7) is 9.34. The lowest BCUT2D eigenvalue weighted by Crippen LogP contribution is -2.34. The van der Waals surface area contributed by atoms with Gasteiger partial charge in [0.15, 0.2) is 0 Å². The van der Waals surface area contributed by atoms with E-state index < -0.39 is 0 Å². The molecular formula is C16H26ClNS. The Morgan fingerprint density at radius 2 is 2.21 bits per heavy atom. The first-order valence-electron chi connectivity index (χ1n) is 7.48. The van der Waals surface area contributed by atoms with Gasteiger partial charge in [-0.3, -0.25) is 0 Å². The molecule has 0 bridgehead atoms. The molecule has 0 spiro atoms. The van der Waals surface area contributed by atoms with Crippen LogP contribution in [0.2, 0.25) is 4.34 Å². The van der Waals surface area contributed by atoms with E-state index in [1.54, 1.807) is 11.3 Å². The van der Waals surface area contributed by atoms with E-state index >= 15 is 0 Å². The second-order valence-corrected chi connectivity index (χ2v) is 8.37. The lowest BCUT2D eigenvalue weighted by molar-refractivity contribution is 0.161. The zero-order valence-corrected chi connectivity index (χ0v) is 13.9. The molecule has 1 heterocycles. The van der Waals surface area contributed by atoms with E-state index in [-0.39, 0.29) is 0 Å². The van der Waals surface area contributed by atoms with E-state index in [4.69, 9.17) is 11.6 Å². The van der Waals surface area contributed by atoms with E-state index in [1.807, 2.05) is 0 Å². The van der Waals surface area contributed by atoms with E-state index in [9.17, 15) is 0 Å². The van der Waals surface area contributed by atoms with Crippen LogP contribution in [0.4, 0.5) is 0 Å². The molecule has 1 saturated carbocycles. The molecule has 2 unspecified atom stereocenters. The van der Waals surface area contributed by atoms with Gasteiger partial charge < -0.3 is 5.32 Å². The van der Waals surface area contributed by atoms with E-state index in [0.717, 1.165) is 23.3 Å². The second-order valence-electron chi connectivity index (χ2n) is 6.62. The Morgan fingerprint density at radius 1 is 1.42 bits per heavy atom. The molecule has 3 heteroatoms. The van der Waals surface area contributed by atoms with Gasteiger partial charge in [-0.1, -0.05) is 32.4 Å². The van der Waals surface area contributed by atoms with Gasteiger partial charge in [0.25, 0.3) is 0 Å². The smallest absolute Gasteiger partial charge is 0.0931 e. The number of halogens is 1. The lowest BCUT2D eigenvalue weighted by Gasteiger charge is -2.40. The third-order valence-corrected chi connectivity index (χ3v) is 5.69. The highest BCUT2D eigenvalue weighted by molar-refractivity contribution is 7.16. The summed E-state index contributed by atoms with van der Waals surface area (Å²) in [4.78, 5) is 1.49. The highest BCUT2D eigenvalue weighted by Crippen LogP contribution is 2.48. The second kappa shape index (κ2) is 6.60. The van der Waals surface area contributed by atoms with Crippen molar-refractivity contribution in [3.05, 3.63) is 21.3 Å². The molecule has 0 amide bonds. The highest BCUT2D eigenvalue weighted by atomic mass is 35.5. The molecule has 0 aliphatic heterocycles. The fourth-order valence-electron chi connectivity index (χ4n) is 3.21. The van der Waals surface area contributed by atoms with Crippen molar-refractivity contribution in [2.45, 2.75) is 52.4 Å². The fourth-order valence-corrected chi connectivity index (χ4v) is 4.47. The van der Waals surface area contributed by atoms with Crippen molar-refractivity contribution in [2.24, 2.45) is 11.3 Å². The maximum Gasteiger partial charge on any atom is 0.0931 e. The molecule has 1 N–H and O–H groups in total. The summed E-state index contributed by atoms with van der Waals surface area (Å²) in [6, 6.07) is 4.30. The Hall–Kier alpha value is -0.0500. The van der Waals surface area contributed by atoms with Crippen molar-refractivity contribution < 1.29 is 0 Å². The molecule has 19 heavy (non-hydrogen) atoms. The zero-order chi connectivity index (χ0) is 13.9. The molecule has 0 radical (unpaired) electrons. The van der Waals surface area contributed by atoms with Crippen LogP contribution in [0.1, 0.15) is 57.2 Å². The molecule has 1 aromatic rings. The van der Waals surface area contributed by atoms with Crippen LogP contribution in [0.3, 0.4) is 0 Å². The Balaban J connectivity index is 2.07. The van der Waals surface area contributed by atoms with Crippen molar-refractivity contribution >= 4 is 22.9 Å². The first-order chi connectivity index (χ1) is 9.02. The number of thiophene rings is 1. The van der Waals surface area contributed by atoms with Crippen LogP contribution in [0.15, 0.2) is 12.1 Å². The van der Waals surface area contributed by atoms with Crippen molar-refractivity contribution in [1.82, 2.24) is 5.32 Å². The first-order valence-corrected chi connectivity index (χ1v) is 8.67. The molecule has 1 aliphatic carbocycles. The Morgan fingerprint density at radius 3 is 2.84 bits per heavy atom. The topological polar surface area (TPSA) is 12.0 Å². The summed E-state index contributed by atoms with van der Waals surface area (Å²) >= 11 is 7.90. The maximum absolute atomic E-state index is 6.13. The maximum atomic E-state index is 6.13. The monoisotopic (exact) mass is 299 g/mol. The summed E-state index contributed by atoms with van der Waals surface area (Å²) in [5.74, 6) is 1.46. The molecule has 2 atom stereocenters. The Labute approximate surface area is 126 Å². The van der Waals surface area contributed by atoms with Crippen molar-refractivity contribution in [3.8, 4) is 0 Å². The quantitative estimate of drug-likeness (QED) is 0.726. The minimum Gasteiger partial charge on any atom is -0.316 e. The zero-order valence-electron chi connectivity index (χ0n) is 12.3. The van der Waals surface area contributed by atoms with Gasteiger partial charge in [0.2, 0.25) is 0 Å². The molecule has 0 saturated heterocycles. The van der Waals surface area contributed by atoms with Gasteiger partial charge in [-0.15, -0.1) is 11.3 Å². The van der Waals surface area contributed by atoms with Gasteiger partial charge in [-0.2, -0.15) is 0 Å². The highest BCUT2D eigenvalue weighted by Gasteiger charge is 2.36. The molecule has 108 valence electrons. The number of nitrogens with one attached hydrogen (secondary N) is 1. The van der Waals surface area contributed by atoms with Gasteiger partial charge in [0.05, 0.1) is 4.34 Å². The summed E-state index contributed by atoms with van der Waals surface area (Å²) in [7, 11) is 0. The largest absolute Gasteiger partial charge is 0.316 e. The first kappa shape index (κ1) is 15.3. The van der Waals surface area contributed by atoms with E-state index in [2.05, 4.69) is 38.2 Å². The summed E-state index contributed by atoms with van der Waals surface area (Å²) < 4.78 is 0.929. The Bertz CT molecular complexity index is 399. The van der Waals surface area contributed by atoms with Crippen LogP contribution in [0.5, 0.6) is 0 Å². The summed E-state index contributed by atoms with van der Waals surface area (Å²) in [5, 5.41) is 3.61. The van der Waals surface area contributed by atoms with E-state index in [0.29, 0.717) is 11.3 Å². The van der Waals surface area contributed by atoms with Crippen LogP contribution < -0.4 is 5.32 Å². The van der Waals surface area contributed by atoms with Gasteiger partial charge in [-0.25, -0.2) is 0 Å². The van der Waals surface area contributed by atoms with Crippen molar-refractivity contribution in [1.29, 1.82) is 0 Å². The predicted octanol–water partition coefficient (Wildman–Crippen LogP) is 5.31. The number of hydrogen-bond acceptors (Lipinski definition) is 2. The fraction of sp³-hybridized carbons (Fsp3) is 0.750. The van der Waals surface area contributed by atoms with Crippen molar-refractivity contribution in [3.63, 3.8) is 0 Å². The molecule has 0 aromatic carbocycles. The standard InChI is InChI=1S/C16H26ClNS/c1-4-9-18-11-12-7-8-16(2,3)10-13(12)14-5-6-15(17)19-14/h5-6,12-13,18H,4,7-11H2,1-3H3. The molecule has 1 nitrogen and oxygen atoms in total. The predicted molar refractivity (Wildman–Crippen MR) is 86.4 cm³/mol. The van der Waals surface area contributed by atoms with Crippen LogP contribution in [-0.2, 0) is 0 Å². The molecule has 2 rings (SSSR count). The van der Waals surface area contributed by atoms with Crippen LogP contribution in [0.25, 0.3) is 0 Å². The average molecular weight is 300 g/mol. The van der Waals surface area contributed by atoms with Crippen LogP contribution in [0, 0.1) is 11.3 Å². The Kier molecular flexibility index (Phi) is 5.33. The minimum atomic E-state index is 0.475. The minimum absolute atomic E-state index is 0.475. The number of hydrogen-bond donors (Lipinski definition) is 1. The normalized spacial score (nSPS) is 26.5. The van der Waals surface area contributed by atoms with Crippen LogP contribution >= 0.6 is 22.9 Å². The van der Waals surface area contributed by atoms with Gasteiger partial charge in [-0.05, 0) is 68.2 Å². The summed E-state index contributed by atoms with van der Waals surface area (Å²) in [6.07, 6.45) is 5.20. The molecular weight excluding hydrogens is 274 g/mol. The van der Waals surface area contributed by atoms with Crippen LogP contribution in [-0.4, -0.2) is 13.1 Å². The number of rotatable bonds is 5. The molecule has 1 aromatic heterocycles. The molecule has 1 fully saturated rings. The lowest BCUT2D eigenvalue weighted by atomic mass is 9.66. The SMILES string of the molecule is CCCNCC1CCC(C)(C)CC1c1ccc(Cl)s1. The van der Waals surface area contributed by atoms with Gasteiger partial charge in [0, 0.05) is 4.88 Å². The third kappa shape index (κ3) is 4.21. The van der Waals surface area contributed by atoms with Gasteiger partial charge in [0.1, 0.15) is 0 Å². The average Bonchev–Trinajstić information content (AvgIpc) is 2.77.